The quantitative estimate of drug-likeness (QED) is 0.753. The van der Waals surface area contributed by atoms with Crippen molar-refractivity contribution in [3.63, 3.8) is 0 Å². The molecule has 0 saturated heterocycles. The summed E-state index contributed by atoms with van der Waals surface area (Å²) in [7, 11) is 0. The lowest BCUT2D eigenvalue weighted by Gasteiger charge is -2.42. The molecule has 0 aromatic heterocycles. The smallest absolute Gasteiger partial charge is 0.241 e. The second kappa shape index (κ2) is 3.16. The summed E-state index contributed by atoms with van der Waals surface area (Å²) >= 11 is 7.71. The molecule has 1 fully saturated rings. The number of hydrogen-bond acceptors (Lipinski definition) is 2. The van der Waals surface area contributed by atoms with E-state index < -0.39 is 0 Å². The van der Waals surface area contributed by atoms with E-state index >= 15 is 0 Å². The van der Waals surface area contributed by atoms with Crippen molar-refractivity contribution in [3.05, 3.63) is 23.2 Å². The number of nitrogens with one attached hydrogen (secondary N) is 1. The molecule has 78 valence electrons. The van der Waals surface area contributed by atoms with E-state index in [9.17, 15) is 4.79 Å². The van der Waals surface area contributed by atoms with Gasteiger partial charge in [-0.3, -0.25) is 4.79 Å². The van der Waals surface area contributed by atoms with Crippen molar-refractivity contribution < 1.29 is 4.79 Å². The summed E-state index contributed by atoms with van der Waals surface area (Å²) in [5.41, 5.74) is 0.784. The first kappa shape index (κ1) is 9.55. The van der Waals surface area contributed by atoms with E-state index in [4.69, 9.17) is 11.6 Å². The topological polar surface area (TPSA) is 29.1 Å². The minimum Gasteiger partial charge on any atom is -0.323 e. The summed E-state index contributed by atoms with van der Waals surface area (Å²) in [4.78, 5) is 13.0. The average molecular weight is 240 g/mol. The largest absolute Gasteiger partial charge is 0.323 e. The Bertz CT molecular complexity index is 442. The first-order chi connectivity index (χ1) is 7.21. The molecule has 1 aliphatic carbocycles. The molecule has 4 heteroatoms. The van der Waals surface area contributed by atoms with E-state index in [1.54, 1.807) is 17.8 Å². The van der Waals surface area contributed by atoms with Gasteiger partial charge in [0.15, 0.2) is 0 Å². The standard InChI is InChI=1S/C11H10ClNOS/c12-7-3-1-4-8-9(7)13-10(14)11(15-8)5-2-6-11/h1,3-4H,2,5-6H2,(H,13,14). The first-order valence-corrected chi connectivity index (χ1v) is 6.20. The van der Waals surface area contributed by atoms with Crippen molar-refractivity contribution >= 4 is 35.0 Å². The summed E-state index contributed by atoms with van der Waals surface area (Å²) in [6, 6.07) is 5.75. The number of anilines is 1. The zero-order valence-corrected chi connectivity index (χ0v) is 9.62. The van der Waals surface area contributed by atoms with Gasteiger partial charge in [-0.1, -0.05) is 17.7 Å². The molecular formula is C11H10ClNOS. The molecule has 1 saturated carbocycles. The molecule has 2 aliphatic rings. The van der Waals surface area contributed by atoms with Crippen molar-refractivity contribution in [2.75, 3.05) is 5.32 Å². The average Bonchev–Trinajstić information content (AvgIpc) is 2.16. The van der Waals surface area contributed by atoms with Gasteiger partial charge in [0.2, 0.25) is 5.91 Å². The van der Waals surface area contributed by atoms with Crippen molar-refractivity contribution in [2.45, 2.75) is 28.9 Å². The highest BCUT2D eigenvalue weighted by atomic mass is 35.5. The van der Waals surface area contributed by atoms with E-state index in [1.165, 1.54) is 0 Å². The van der Waals surface area contributed by atoms with E-state index in [0.717, 1.165) is 29.8 Å². The van der Waals surface area contributed by atoms with Crippen LogP contribution in [0.3, 0.4) is 0 Å². The van der Waals surface area contributed by atoms with Crippen LogP contribution in [0.2, 0.25) is 5.02 Å². The molecule has 1 aromatic rings. The van der Waals surface area contributed by atoms with Gasteiger partial charge in [0, 0.05) is 4.90 Å². The molecule has 0 radical (unpaired) electrons. The Hall–Kier alpha value is -0.670. The van der Waals surface area contributed by atoms with Gasteiger partial charge in [-0.2, -0.15) is 0 Å². The van der Waals surface area contributed by atoms with Gasteiger partial charge in [0.1, 0.15) is 0 Å². The molecule has 0 atom stereocenters. The third-order valence-electron chi connectivity index (χ3n) is 3.09. The Balaban J connectivity index is 2.06. The maximum absolute atomic E-state index is 11.9. The van der Waals surface area contributed by atoms with Gasteiger partial charge in [0.05, 0.1) is 15.5 Å². The number of halogens is 1. The molecule has 1 amide bonds. The van der Waals surface area contributed by atoms with Crippen LogP contribution in [0, 0.1) is 0 Å². The number of carbonyl (C=O) groups excluding carboxylic acids is 1. The van der Waals surface area contributed by atoms with Crippen LogP contribution in [0.15, 0.2) is 23.1 Å². The Kier molecular flexibility index (Phi) is 2.01. The highest BCUT2D eigenvalue weighted by molar-refractivity contribution is 8.01. The number of rotatable bonds is 0. The summed E-state index contributed by atoms with van der Waals surface area (Å²) in [6.07, 6.45) is 3.11. The van der Waals surface area contributed by atoms with Crippen LogP contribution in [-0.4, -0.2) is 10.7 Å². The van der Waals surface area contributed by atoms with Gasteiger partial charge in [-0.25, -0.2) is 0 Å². The fraction of sp³-hybridized carbons (Fsp3) is 0.364. The van der Waals surface area contributed by atoms with Crippen molar-refractivity contribution in [3.8, 4) is 0 Å². The number of benzene rings is 1. The second-order valence-electron chi connectivity index (χ2n) is 4.02. The number of amides is 1. The predicted molar refractivity (Wildman–Crippen MR) is 62.5 cm³/mol. The summed E-state index contributed by atoms with van der Waals surface area (Å²) in [5, 5.41) is 3.56. The van der Waals surface area contributed by atoms with Gasteiger partial charge in [-0.05, 0) is 31.4 Å². The normalized spacial score (nSPS) is 21.8. The maximum Gasteiger partial charge on any atom is 0.241 e. The van der Waals surface area contributed by atoms with Crippen molar-refractivity contribution in [1.29, 1.82) is 0 Å². The second-order valence-corrected chi connectivity index (χ2v) is 5.85. The highest BCUT2D eigenvalue weighted by Crippen LogP contribution is 2.53. The third-order valence-corrected chi connectivity index (χ3v) is 4.95. The maximum atomic E-state index is 11.9. The van der Waals surface area contributed by atoms with Crippen LogP contribution in [0.4, 0.5) is 5.69 Å². The molecule has 0 bridgehead atoms. The summed E-state index contributed by atoms with van der Waals surface area (Å²) in [5.74, 6) is 0.124. The molecule has 15 heavy (non-hydrogen) atoms. The lowest BCUT2D eigenvalue weighted by Crippen LogP contribution is -2.47. The third kappa shape index (κ3) is 1.30. The van der Waals surface area contributed by atoms with E-state index in [-0.39, 0.29) is 10.7 Å². The predicted octanol–water partition coefficient (Wildman–Crippen LogP) is 3.31. The van der Waals surface area contributed by atoms with Gasteiger partial charge < -0.3 is 5.32 Å². The number of carbonyl (C=O) groups is 1. The molecule has 1 aliphatic heterocycles. The Labute approximate surface area is 97.4 Å². The van der Waals surface area contributed by atoms with Crippen LogP contribution < -0.4 is 5.32 Å². The SMILES string of the molecule is O=C1Nc2c(Cl)cccc2SC12CCC2. The van der Waals surface area contributed by atoms with Crippen LogP contribution >= 0.6 is 23.4 Å². The molecule has 2 nitrogen and oxygen atoms in total. The van der Waals surface area contributed by atoms with Crippen molar-refractivity contribution in [2.24, 2.45) is 0 Å². The van der Waals surface area contributed by atoms with Crippen molar-refractivity contribution in [1.82, 2.24) is 0 Å². The molecule has 0 unspecified atom stereocenters. The fourth-order valence-electron chi connectivity index (χ4n) is 2.02. The minimum absolute atomic E-state index is 0.124. The van der Waals surface area contributed by atoms with Gasteiger partial charge >= 0.3 is 0 Å². The lowest BCUT2D eigenvalue weighted by atomic mass is 9.83. The van der Waals surface area contributed by atoms with Gasteiger partial charge in [0.25, 0.3) is 0 Å². The number of para-hydroxylation sites is 1. The van der Waals surface area contributed by atoms with E-state index in [1.807, 2.05) is 12.1 Å². The van der Waals surface area contributed by atoms with Crippen LogP contribution in [0.25, 0.3) is 0 Å². The first-order valence-electron chi connectivity index (χ1n) is 5.00. The van der Waals surface area contributed by atoms with Crippen LogP contribution in [-0.2, 0) is 4.79 Å². The van der Waals surface area contributed by atoms with Crippen LogP contribution in [0.5, 0.6) is 0 Å². The number of hydrogen-bond donors (Lipinski definition) is 1. The molecule has 1 aromatic carbocycles. The molecule has 3 rings (SSSR count). The zero-order chi connectivity index (χ0) is 10.5. The molecule has 1 heterocycles. The van der Waals surface area contributed by atoms with Crippen LogP contribution in [0.1, 0.15) is 19.3 Å². The van der Waals surface area contributed by atoms with Gasteiger partial charge in [-0.15, -0.1) is 11.8 Å². The highest BCUT2D eigenvalue weighted by Gasteiger charge is 2.48. The fourth-order valence-corrected chi connectivity index (χ4v) is 3.77. The Morgan fingerprint density at radius 1 is 1.40 bits per heavy atom. The molecular weight excluding hydrogens is 230 g/mol. The van der Waals surface area contributed by atoms with E-state index in [0.29, 0.717) is 5.02 Å². The lowest BCUT2D eigenvalue weighted by molar-refractivity contribution is -0.120. The summed E-state index contributed by atoms with van der Waals surface area (Å²) in [6.45, 7) is 0. The summed E-state index contributed by atoms with van der Waals surface area (Å²) < 4.78 is -0.197. The molecule has 1 N–H and O–H groups in total. The molecule has 1 spiro atoms. The van der Waals surface area contributed by atoms with E-state index in [2.05, 4.69) is 5.32 Å². The Morgan fingerprint density at radius 2 is 2.20 bits per heavy atom. The number of thioether (sulfide) groups is 1. The zero-order valence-electron chi connectivity index (χ0n) is 8.05. The number of fused-ring (bicyclic) bond motifs is 1. The monoisotopic (exact) mass is 239 g/mol. The Morgan fingerprint density at radius 3 is 2.87 bits per heavy atom. The minimum atomic E-state index is -0.197.